The number of halogens is 2. The van der Waals surface area contributed by atoms with Gasteiger partial charge in [-0.3, -0.25) is 0 Å². The molecule has 19 heavy (non-hydrogen) atoms. The third-order valence-corrected chi connectivity index (χ3v) is 3.55. The van der Waals surface area contributed by atoms with Crippen molar-refractivity contribution < 1.29 is 8.78 Å². The van der Waals surface area contributed by atoms with Crippen LogP contribution in [0.1, 0.15) is 31.2 Å². The van der Waals surface area contributed by atoms with Gasteiger partial charge in [0.2, 0.25) is 0 Å². The van der Waals surface area contributed by atoms with Crippen LogP contribution in [0.15, 0.2) is 18.2 Å². The lowest BCUT2D eigenvalue weighted by atomic mass is 10.2. The van der Waals surface area contributed by atoms with Crippen LogP contribution < -0.4 is 5.32 Å². The summed E-state index contributed by atoms with van der Waals surface area (Å²) >= 11 is 0. The summed E-state index contributed by atoms with van der Waals surface area (Å²) in [7, 11) is 0. The van der Waals surface area contributed by atoms with Crippen molar-refractivity contribution in [3.8, 4) is 0 Å². The predicted molar refractivity (Wildman–Crippen MR) is 73.0 cm³/mol. The maximum absolute atomic E-state index is 13.0. The van der Waals surface area contributed by atoms with Gasteiger partial charge in [0.05, 0.1) is 0 Å². The molecular weight excluding hydrogens is 246 g/mol. The Kier molecular flexibility index (Phi) is 5.73. The van der Waals surface area contributed by atoms with Gasteiger partial charge >= 0.3 is 0 Å². The fourth-order valence-corrected chi connectivity index (χ4v) is 2.54. The second-order valence-corrected chi connectivity index (χ2v) is 5.21. The second-order valence-electron chi connectivity index (χ2n) is 5.21. The summed E-state index contributed by atoms with van der Waals surface area (Å²) in [4.78, 5) is 2.46. The Bertz CT molecular complexity index is 367. The lowest BCUT2D eigenvalue weighted by Gasteiger charge is -2.19. The average Bonchev–Trinajstić information content (AvgIpc) is 2.62. The van der Waals surface area contributed by atoms with Crippen LogP contribution in [0.25, 0.3) is 0 Å². The van der Waals surface area contributed by atoms with Gasteiger partial charge in [-0.1, -0.05) is 12.8 Å². The molecule has 2 rings (SSSR count). The number of nitrogens with one attached hydrogen (secondary N) is 1. The molecule has 1 aromatic carbocycles. The minimum Gasteiger partial charge on any atom is -0.311 e. The monoisotopic (exact) mass is 268 g/mol. The van der Waals surface area contributed by atoms with Crippen molar-refractivity contribution in [1.82, 2.24) is 10.2 Å². The van der Waals surface area contributed by atoms with Gasteiger partial charge in [-0.05, 0) is 43.6 Å². The first kappa shape index (κ1) is 14.4. The fourth-order valence-electron chi connectivity index (χ4n) is 2.54. The number of nitrogens with zero attached hydrogens (tertiary/aromatic N) is 1. The molecule has 4 heteroatoms. The summed E-state index contributed by atoms with van der Waals surface area (Å²) in [5, 5.41) is 3.25. The second kappa shape index (κ2) is 7.56. The van der Waals surface area contributed by atoms with Gasteiger partial charge in [0.25, 0.3) is 0 Å². The molecular formula is C15H22F2N2. The van der Waals surface area contributed by atoms with Crippen LogP contribution in [0.4, 0.5) is 8.78 Å². The summed E-state index contributed by atoms with van der Waals surface area (Å²) < 4.78 is 26.0. The highest BCUT2D eigenvalue weighted by atomic mass is 19.1. The average molecular weight is 268 g/mol. The zero-order chi connectivity index (χ0) is 13.5. The van der Waals surface area contributed by atoms with Crippen molar-refractivity contribution in [3.63, 3.8) is 0 Å². The molecule has 1 heterocycles. The summed E-state index contributed by atoms with van der Waals surface area (Å²) in [5.74, 6) is -1.02. The number of hydrogen-bond acceptors (Lipinski definition) is 2. The lowest BCUT2D eigenvalue weighted by Crippen LogP contribution is -2.32. The molecule has 1 fully saturated rings. The zero-order valence-corrected chi connectivity index (χ0v) is 11.3. The molecule has 2 nitrogen and oxygen atoms in total. The highest BCUT2D eigenvalue weighted by Crippen LogP contribution is 2.09. The normalized spacial score (nSPS) is 17.4. The van der Waals surface area contributed by atoms with Crippen LogP contribution in [-0.4, -0.2) is 31.1 Å². The van der Waals surface area contributed by atoms with Crippen molar-refractivity contribution >= 4 is 0 Å². The van der Waals surface area contributed by atoms with E-state index < -0.39 is 11.6 Å². The Balaban J connectivity index is 1.68. The number of likely N-dealkylation sites (tertiary alicyclic amines) is 1. The van der Waals surface area contributed by atoms with E-state index in [-0.39, 0.29) is 0 Å². The maximum atomic E-state index is 13.0. The quantitative estimate of drug-likeness (QED) is 0.826. The van der Waals surface area contributed by atoms with E-state index in [4.69, 9.17) is 0 Å². The Morgan fingerprint density at radius 2 is 1.58 bits per heavy atom. The highest BCUT2D eigenvalue weighted by Gasteiger charge is 2.08. The van der Waals surface area contributed by atoms with E-state index in [1.807, 2.05) is 0 Å². The molecule has 0 spiro atoms. The summed E-state index contributed by atoms with van der Waals surface area (Å²) in [5.41, 5.74) is 0.661. The number of hydrogen-bond donors (Lipinski definition) is 1. The van der Waals surface area contributed by atoms with Crippen molar-refractivity contribution in [2.75, 3.05) is 26.2 Å². The number of rotatable bonds is 5. The SMILES string of the molecule is Fc1cc(F)cc(CNCCN2CCCCCC2)c1. The molecule has 0 bridgehead atoms. The molecule has 0 amide bonds. The fraction of sp³-hybridized carbons (Fsp3) is 0.600. The predicted octanol–water partition coefficient (Wildman–Crippen LogP) is 2.93. The van der Waals surface area contributed by atoms with Gasteiger partial charge in [-0.2, -0.15) is 0 Å². The molecule has 0 aliphatic carbocycles. The van der Waals surface area contributed by atoms with E-state index in [0.717, 1.165) is 19.2 Å². The molecule has 0 aromatic heterocycles. The molecule has 1 saturated heterocycles. The van der Waals surface area contributed by atoms with Crippen LogP contribution in [0, 0.1) is 11.6 Å². The molecule has 0 unspecified atom stereocenters. The molecule has 0 radical (unpaired) electrons. The largest absolute Gasteiger partial charge is 0.311 e. The Morgan fingerprint density at radius 1 is 0.947 bits per heavy atom. The molecule has 0 atom stereocenters. The van der Waals surface area contributed by atoms with Crippen LogP contribution in [0.5, 0.6) is 0 Å². The summed E-state index contributed by atoms with van der Waals surface area (Å²) in [6.45, 7) is 4.74. The summed E-state index contributed by atoms with van der Waals surface area (Å²) in [6, 6.07) is 3.66. The van der Waals surface area contributed by atoms with Crippen LogP contribution >= 0.6 is 0 Å². The molecule has 106 valence electrons. The van der Waals surface area contributed by atoms with Gasteiger partial charge in [0.15, 0.2) is 0 Å². The first-order valence-electron chi connectivity index (χ1n) is 7.12. The number of benzene rings is 1. The molecule has 1 aromatic rings. The zero-order valence-electron chi connectivity index (χ0n) is 11.3. The van der Waals surface area contributed by atoms with E-state index >= 15 is 0 Å². The van der Waals surface area contributed by atoms with Gasteiger partial charge in [0.1, 0.15) is 11.6 Å². The van der Waals surface area contributed by atoms with E-state index in [1.165, 1.54) is 50.9 Å². The first-order chi connectivity index (χ1) is 9.24. The summed E-state index contributed by atoms with van der Waals surface area (Å²) in [6.07, 6.45) is 5.25. The van der Waals surface area contributed by atoms with Crippen molar-refractivity contribution in [3.05, 3.63) is 35.4 Å². The van der Waals surface area contributed by atoms with E-state index in [2.05, 4.69) is 10.2 Å². The highest BCUT2D eigenvalue weighted by molar-refractivity contribution is 5.17. The van der Waals surface area contributed by atoms with Crippen molar-refractivity contribution in [1.29, 1.82) is 0 Å². The molecule has 1 N–H and O–H groups in total. The third kappa shape index (κ3) is 5.25. The molecule has 1 aliphatic heterocycles. The van der Waals surface area contributed by atoms with Crippen LogP contribution in [-0.2, 0) is 6.54 Å². The lowest BCUT2D eigenvalue weighted by molar-refractivity contribution is 0.284. The first-order valence-corrected chi connectivity index (χ1v) is 7.12. The Hall–Kier alpha value is -1.00. The van der Waals surface area contributed by atoms with Crippen molar-refractivity contribution in [2.45, 2.75) is 32.2 Å². The smallest absolute Gasteiger partial charge is 0.126 e. The van der Waals surface area contributed by atoms with Gasteiger partial charge in [0, 0.05) is 25.7 Å². The Labute approximate surface area is 113 Å². The minimum atomic E-state index is -0.510. The maximum Gasteiger partial charge on any atom is 0.126 e. The topological polar surface area (TPSA) is 15.3 Å². The Morgan fingerprint density at radius 3 is 2.21 bits per heavy atom. The van der Waals surface area contributed by atoms with Crippen molar-refractivity contribution in [2.24, 2.45) is 0 Å². The van der Waals surface area contributed by atoms with Crippen LogP contribution in [0.3, 0.4) is 0 Å². The van der Waals surface area contributed by atoms with Gasteiger partial charge in [-0.25, -0.2) is 8.78 Å². The minimum absolute atomic E-state index is 0.510. The molecule has 1 aliphatic rings. The van der Waals surface area contributed by atoms with E-state index in [0.29, 0.717) is 12.1 Å². The van der Waals surface area contributed by atoms with E-state index in [1.54, 1.807) is 0 Å². The van der Waals surface area contributed by atoms with Gasteiger partial charge in [-0.15, -0.1) is 0 Å². The van der Waals surface area contributed by atoms with Crippen LogP contribution in [0.2, 0.25) is 0 Å². The molecule has 0 saturated carbocycles. The van der Waals surface area contributed by atoms with E-state index in [9.17, 15) is 8.78 Å². The standard InChI is InChI=1S/C15H22F2N2/c16-14-9-13(10-15(17)11-14)12-18-5-8-19-6-3-1-2-4-7-19/h9-11,18H,1-8,12H2. The van der Waals surface area contributed by atoms with Gasteiger partial charge < -0.3 is 10.2 Å². The third-order valence-electron chi connectivity index (χ3n) is 3.55.